The molecule has 0 spiro atoms. The number of carbonyl (C=O) groups is 1. The number of hydrogen-bond donors (Lipinski definition) is 2. The zero-order valence-electron chi connectivity index (χ0n) is 9.08. The van der Waals surface area contributed by atoms with Gasteiger partial charge in [0.25, 0.3) is 0 Å². The van der Waals surface area contributed by atoms with Crippen molar-refractivity contribution in [1.29, 1.82) is 0 Å². The third-order valence-electron chi connectivity index (χ3n) is 1.93. The van der Waals surface area contributed by atoms with Gasteiger partial charge >= 0.3 is 6.18 Å². The summed E-state index contributed by atoms with van der Waals surface area (Å²) in [4.78, 5) is 14.3. The molecule has 1 unspecified atom stereocenters. The van der Waals surface area contributed by atoms with Gasteiger partial charge in [0.05, 0.1) is 0 Å². The van der Waals surface area contributed by atoms with Crippen molar-refractivity contribution < 1.29 is 18.0 Å². The highest BCUT2D eigenvalue weighted by Gasteiger charge is 2.36. The molecule has 1 aromatic rings. The number of nitrogens with two attached hydrogens (primary N) is 1. The fraction of sp³-hybridized carbons (Fsp3) is 0.625. The van der Waals surface area contributed by atoms with Crippen LogP contribution in [-0.2, 0) is 11.0 Å². The molecule has 0 saturated carbocycles. The van der Waals surface area contributed by atoms with Gasteiger partial charge in [-0.25, -0.2) is 0 Å². The first-order chi connectivity index (χ1) is 7.71. The van der Waals surface area contributed by atoms with Crippen molar-refractivity contribution in [3.8, 4) is 0 Å². The van der Waals surface area contributed by atoms with Crippen molar-refractivity contribution in [3.05, 3.63) is 5.82 Å². The van der Waals surface area contributed by atoms with E-state index < -0.39 is 23.9 Å². The average Bonchev–Trinajstić information content (AvgIpc) is 2.60. The molecule has 0 aliphatic rings. The molecule has 5 nitrogen and oxygen atoms in total. The number of halogens is 3. The Bertz CT molecular complexity index is 404. The largest absolute Gasteiger partial charge is 0.452 e. The number of hydrogen-bond acceptors (Lipinski definition) is 5. The van der Waals surface area contributed by atoms with E-state index in [4.69, 9.17) is 5.73 Å². The van der Waals surface area contributed by atoms with Crippen molar-refractivity contribution >= 4 is 22.6 Å². The topological polar surface area (TPSA) is 80.9 Å². The zero-order valence-corrected chi connectivity index (χ0v) is 9.89. The van der Waals surface area contributed by atoms with Gasteiger partial charge in [-0.05, 0) is 5.92 Å². The molecular formula is C8H11F3N4OS. The van der Waals surface area contributed by atoms with Crippen LogP contribution in [0.15, 0.2) is 0 Å². The lowest BCUT2D eigenvalue weighted by molar-refractivity contribution is -0.144. The van der Waals surface area contributed by atoms with E-state index in [0.717, 1.165) is 0 Å². The van der Waals surface area contributed by atoms with Crippen molar-refractivity contribution in [3.63, 3.8) is 0 Å². The van der Waals surface area contributed by atoms with Gasteiger partial charge in [-0.15, -0.1) is 0 Å². The Morgan fingerprint density at radius 1 is 1.47 bits per heavy atom. The third-order valence-corrected chi connectivity index (χ3v) is 2.58. The molecule has 1 atom stereocenters. The van der Waals surface area contributed by atoms with Crippen molar-refractivity contribution in [2.75, 3.05) is 5.32 Å². The predicted molar refractivity (Wildman–Crippen MR) is 56.4 cm³/mol. The molecule has 3 N–H and O–H groups in total. The number of rotatable bonds is 4. The summed E-state index contributed by atoms with van der Waals surface area (Å²) < 4.78 is 39.8. The van der Waals surface area contributed by atoms with E-state index in [2.05, 4.69) is 14.7 Å². The van der Waals surface area contributed by atoms with Gasteiger partial charge < -0.3 is 11.1 Å². The van der Waals surface area contributed by atoms with Crippen molar-refractivity contribution in [2.45, 2.75) is 26.1 Å². The van der Waals surface area contributed by atoms with Crippen LogP contribution in [-0.4, -0.2) is 21.3 Å². The quantitative estimate of drug-likeness (QED) is 0.866. The molecule has 0 fully saturated rings. The highest BCUT2D eigenvalue weighted by atomic mass is 32.1. The van der Waals surface area contributed by atoms with Crippen LogP contribution in [0.1, 0.15) is 19.7 Å². The summed E-state index contributed by atoms with van der Waals surface area (Å²) in [6, 6.07) is -0.774. The molecule has 0 radical (unpaired) electrons. The van der Waals surface area contributed by atoms with Crippen LogP contribution in [0.25, 0.3) is 0 Å². The smallest absolute Gasteiger partial charge is 0.368 e. The molecule has 96 valence electrons. The number of alkyl halides is 3. The summed E-state index contributed by atoms with van der Waals surface area (Å²) >= 11 is 0.540. The molecular weight excluding hydrogens is 257 g/mol. The molecule has 0 bridgehead atoms. The first-order valence-electron chi connectivity index (χ1n) is 4.68. The molecule has 1 amide bonds. The maximum atomic E-state index is 12.2. The summed E-state index contributed by atoms with van der Waals surface area (Å²) in [6.45, 7) is 3.43. The van der Waals surface area contributed by atoms with E-state index in [0.29, 0.717) is 11.5 Å². The van der Waals surface area contributed by atoms with E-state index in [9.17, 15) is 18.0 Å². The Kier molecular flexibility index (Phi) is 3.91. The van der Waals surface area contributed by atoms with E-state index in [1.165, 1.54) is 0 Å². The number of nitrogens with one attached hydrogen (secondary N) is 1. The molecule has 0 saturated heterocycles. The van der Waals surface area contributed by atoms with Crippen molar-refractivity contribution in [2.24, 2.45) is 11.7 Å². The first-order valence-corrected chi connectivity index (χ1v) is 5.46. The Morgan fingerprint density at radius 2 is 2.06 bits per heavy atom. The molecule has 1 rings (SSSR count). The number of aromatic nitrogens is 2. The average molecular weight is 268 g/mol. The second-order valence-electron chi connectivity index (χ2n) is 3.69. The molecule has 0 aliphatic heterocycles. The predicted octanol–water partition coefficient (Wildman–Crippen LogP) is 1.48. The molecule has 9 heteroatoms. The van der Waals surface area contributed by atoms with Crippen LogP contribution < -0.4 is 11.1 Å². The van der Waals surface area contributed by atoms with Crippen LogP contribution >= 0.6 is 11.5 Å². The highest BCUT2D eigenvalue weighted by Crippen LogP contribution is 2.29. The fourth-order valence-corrected chi connectivity index (χ4v) is 1.72. The number of anilines is 1. The Balaban J connectivity index is 2.81. The van der Waals surface area contributed by atoms with Gasteiger partial charge in [0.1, 0.15) is 6.04 Å². The molecule has 0 aromatic carbocycles. The summed E-state index contributed by atoms with van der Waals surface area (Å²) in [7, 11) is 0. The summed E-state index contributed by atoms with van der Waals surface area (Å²) in [5, 5.41) is 2.47. The third kappa shape index (κ3) is 3.55. The number of amides is 1. The molecule has 1 aromatic heterocycles. The van der Waals surface area contributed by atoms with Crippen LogP contribution in [0, 0.1) is 5.92 Å². The maximum absolute atomic E-state index is 12.2. The molecule has 17 heavy (non-hydrogen) atoms. The summed E-state index contributed by atoms with van der Waals surface area (Å²) in [5.74, 6) is -2.04. The lowest BCUT2D eigenvalue weighted by Gasteiger charge is -2.17. The van der Waals surface area contributed by atoms with Gasteiger partial charge in [0, 0.05) is 11.5 Å². The molecule has 1 heterocycles. The second kappa shape index (κ2) is 4.86. The lowest BCUT2D eigenvalue weighted by atomic mass is 10.0. The number of primary amides is 1. The van der Waals surface area contributed by atoms with Gasteiger partial charge in [0.2, 0.25) is 16.9 Å². The first kappa shape index (κ1) is 13.7. The summed E-state index contributed by atoms with van der Waals surface area (Å²) in [6.07, 6.45) is -4.59. The number of carbonyl (C=O) groups excluding carboxylic acids is 1. The Labute approximate surface area is 99.4 Å². The minimum Gasteiger partial charge on any atom is -0.368 e. The zero-order chi connectivity index (χ0) is 13.2. The Morgan fingerprint density at radius 3 is 2.41 bits per heavy atom. The van der Waals surface area contributed by atoms with Gasteiger partial charge in [-0.1, -0.05) is 13.8 Å². The SMILES string of the molecule is CC(C)C(Nc1nc(C(F)(F)F)ns1)C(N)=O. The van der Waals surface area contributed by atoms with E-state index in [1.54, 1.807) is 13.8 Å². The van der Waals surface area contributed by atoms with Gasteiger partial charge in [-0.2, -0.15) is 22.5 Å². The Hall–Kier alpha value is -1.38. The van der Waals surface area contributed by atoms with Gasteiger partial charge in [0.15, 0.2) is 0 Å². The normalized spacial score (nSPS) is 13.8. The minimum atomic E-state index is -4.59. The lowest BCUT2D eigenvalue weighted by Crippen LogP contribution is -2.39. The monoisotopic (exact) mass is 268 g/mol. The van der Waals surface area contributed by atoms with Crippen LogP contribution in [0.3, 0.4) is 0 Å². The van der Waals surface area contributed by atoms with Crippen LogP contribution in [0.5, 0.6) is 0 Å². The highest BCUT2D eigenvalue weighted by molar-refractivity contribution is 7.09. The minimum absolute atomic E-state index is 0.0742. The van der Waals surface area contributed by atoms with E-state index in [-0.39, 0.29) is 11.0 Å². The van der Waals surface area contributed by atoms with Crippen LogP contribution in [0.2, 0.25) is 0 Å². The van der Waals surface area contributed by atoms with Crippen molar-refractivity contribution in [1.82, 2.24) is 9.36 Å². The summed E-state index contributed by atoms with van der Waals surface area (Å²) in [5.41, 5.74) is 5.11. The fourth-order valence-electron chi connectivity index (χ4n) is 1.10. The molecule has 0 aliphatic carbocycles. The number of nitrogens with zero attached hydrogens (tertiary/aromatic N) is 2. The van der Waals surface area contributed by atoms with Crippen LogP contribution in [0.4, 0.5) is 18.3 Å². The van der Waals surface area contributed by atoms with E-state index >= 15 is 0 Å². The standard InChI is InChI=1S/C8H11F3N4OS/c1-3(2)4(5(12)16)13-7-14-6(15-17-7)8(9,10)11/h3-4H,1-2H3,(H2,12,16)(H,13,14,15). The van der Waals surface area contributed by atoms with E-state index in [1.807, 2.05) is 0 Å². The maximum Gasteiger partial charge on any atom is 0.452 e. The van der Waals surface area contributed by atoms with Gasteiger partial charge in [-0.3, -0.25) is 4.79 Å². The second-order valence-corrected chi connectivity index (χ2v) is 4.44.